The normalized spacial score (nSPS) is 18.2. The van der Waals surface area contributed by atoms with Crippen molar-refractivity contribution in [2.45, 2.75) is 59.3 Å². The molecule has 1 saturated carbocycles. The molecule has 1 aliphatic rings. The van der Waals surface area contributed by atoms with Crippen LogP contribution in [0.3, 0.4) is 0 Å². The first-order valence-electron chi connectivity index (χ1n) is 8.99. The molecule has 1 rings (SSSR count). The Morgan fingerprint density at radius 3 is 2.40 bits per heavy atom. The Morgan fingerprint density at radius 2 is 1.80 bits per heavy atom. The van der Waals surface area contributed by atoms with Crippen LogP contribution < -0.4 is 5.32 Å². The second kappa shape index (κ2) is 10.2. The predicted molar refractivity (Wildman–Crippen MR) is 95.6 cm³/mol. The van der Waals surface area contributed by atoms with Crippen LogP contribution in [0.4, 0.5) is 4.79 Å². The average Bonchev–Trinajstić information content (AvgIpc) is 2.51. The van der Waals surface area contributed by atoms with Gasteiger partial charge >= 0.3 is 12.1 Å². The zero-order chi connectivity index (χ0) is 18.9. The summed E-state index contributed by atoms with van der Waals surface area (Å²) in [5.41, 5.74) is -0.652. The Hall–Kier alpha value is -1.07. The van der Waals surface area contributed by atoms with Gasteiger partial charge in [0.15, 0.2) is 0 Å². The van der Waals surface area contributed by atoms with Gasteiger partial charge in [-0.2, -0.15) is 0 Å². The molecule has 1 aliphatic carbocycles. The maximum absolute atomic E-state index is 12.2. The minimum Gasteiger partial charge on any atom is -0.427 e. The van der Waals surface area contributed by atoms with E-state index in [-0.39, 0.29) is 12.7 Å². The number of hydrogen-bond donors (Lipinski definition) is 2. The molecule has 0 spiro atoms. The van der Waals surface area contributed by atoms with Crippen molar-refractivity contribution < 1.29 is 28.5 Å². The van der Waals surface area contributed by atoms with E-state index in [0.717, 1.165) is 25.7 Å². The molecule has 0 aromatic carbocycles. The summed E-state index contributed by atoms with van der Waals surface area (Å²) >= 11 is 0. The van der Waals surface area contributed by atoms with E-state index in [1.807, 2.05) is 0 Å². The number of carbonyl (C=O) groups is 2. The third-order valence-corrected chi connectivity index (χ3v) is 6.32. The summed E-state index contributed by atoms with van der Waals surface area (Å²) in [6.07, 6.45) is 5.91. The third-order valence-electron chi connectivity index (χ3n) is 4.21. The molecule has 25 heavy (non-hydrogen) atoms. The monoisotopic (exact) mass is 377 g/mol. The van der Waals surface area contributed by atoms with E-state index in [4.69, 9.17) is 9.47 Å². The van der Waals surface area contributed by atoms with Gasteiger partial charge in [-0.1, -0.05) is 19.3 Å². The van der Waals surface area contributed by atoms with Gasteiger partial charge in [0.2, 0.25) is 14.2 Å². The van der Waals surface area contributed by atoms with E-state index in [1.54, 1.807) is 20.8 Å². The molecule has 146 valence electrons. The predicted octanol–water partition coefficient (Wildman–Crippen LogP) is 3.50. The second-order valence-electron chi connectivity index (χ2n) is 7.77. The highest BCUT2D eigenvalue weighted by molar-refractivity contribution is 7.57. The van der Waals surface area contributed by atoms with Crippen molar-refractivity contribution in [1.29, 1.82) is 0 Å². The van der Waals surface area contributed by atoms with Crippen LogP contribution in [-0.2, 0) is 18.8 Å². The molecule has 0 aliphatic heterocycles. The first-order valence-corrected chi connectivity index (χ1v) is 11.0. The zero-order valence-corrected chi connectivity index (χ0v) is 16.5. The minimum atomic E-state index is -3.14. The van der Waals surface area contributed by atoms with Crippen molar-refractivity contribution in [2.75, 3.05) is 25.7 Å². The zero-order valence-electron chi connectivity index (χ0n) is 15.6. The van der Waals surface area contributed by atoms with Crippen molar-refractivity contribution >= 4 is 19.4 Å². The van der Waals surface area contributed by atoms with E-state index in [1.165, 1.54) is 6.42 Å². The number of amides is 1. The minimum absolute atomic E-state index is 0.197. The van der Waals surface area contributed by atoms with Gasteiger partial charge in [0.1, 0.15) is 0 Å². The van der Waals surface area contributed by atoms with Gasteiger partial charge in [-0.3, -0.25) is 9.36 Å². The molecule has 0 heterocycles. The fraction of sp³-hybridized carbons (Fsp3) is 0.882. The summed E-state index contributed by atoms with van der Waals surface area (Å²) in [7, 11) is -3.14. The van der Waals surface area contributed by atoms with Gasteiger partial charge in [0, 0.05) is 18.9 Å². The highest BCUT2D eigenvalue weighted by Crippen LogP contribution is 2.45. The molecule has 1 unspecified atom stereocenters. The standard InChI is InChI=1S/C17H32NO6P/c1-17(2,3)15(19)23-13-24-16(20)18-10-7-11-25(21,22)12-14-8-5-4-6-9-14/h14H,4-13H2,1-3H3,(H,18,20)(H,21,22). The lowest BCUT2D eigenvalue weighted by Crippen LogP contribution is -2.29. The largest absolute Gasteiger partial charge is 0.427 e. The first-order chi connectivity index (χ1) is 11.6. The van der Waals surface area contributed by atoms with Gasteiger partial charge in [-0.25, -0.2) is 4.79 Å². The molecule has 0 aromatic rings. The van der Waals surface area contributed by atoms with E-state index < -0.39 is 31.6 Å². The van der Waals surface area contributed by atoms with E-state index in [0.29, 0.717) is 18.5 Å². The lowest BCUT2D eigenvalue weighted by Gasteiger charge is -2.24. The van der Waals surface area contributed by atoms with Crippen molar-refractivity contribution in [3.63, 3.8) is 0 Å². The fourth-order valence-corrected chi connectivity index (χ4v) is 4.79. The molecule has 2 N–H and O–H groups in total. The Labute approximate surface area is 150 Å². The van der Waals surface area contributed by atoms with Crippen LogP contribution >= 0.6 is 7.37 Å². The summed E-state index contributed by atoms with van der Waals surface area (Å²) in [5.74, 6) is -0.0933. The summed E-state index contributed by atoms with van der Waals surface area (Å²) in [6.45, 7) is 4.92. The maximum Gasteiger partial charge on any atom is 0.410 e. The summed E-state index contributed by atoms with van der Waals surface area (Å²) in [4.78, 5) is 33.0. The molecule has 8 heteroatoms. The number of carbonyl (C=O) groups excluding carboxylic acids is 2. The Bertz CT molecular complexity index is 482. The van der Waals surface area contributed by atoms with Gasteiger partial charge in [-0.15, -0.1) is 0 Å². The van der Waals surface area contributed by atoms with Crippen LogP contribution in [0.15, 0.2) is 0 Å². The van der Waals surface area contributed by atoms with Crippen molar-refractivity contribution in [1.82, 2.24) is 5.32 Å². The SMILES string of the molecule is CC(C)(C)C(=O)OCOC(=O)NCCCP(=O)(O)CC1CCCCC1. The maximum atomic E-state index is 12.2. The molecular formula is C17H32NO6P. The molecule has 0 bridgehead atoms. The topological polar surface area (TPSA) is 102 Å². The quantitative estimate of drug-likeness (QED) is 0.290. The molecule has 0 saturated heterocycles. The van der Waals surface area contributed by atoms with Crippen molar-refractivity contribution in [3.8, 4) is 0 Å². The number of nitrogens with one attached hydrogen (secondary N) is 1. The lowest BCUT2D eigenvalue weighted by atomic mass is 9.91. The molecule has 1 fully saturated rings. The Balaban J connectivity index is 2.12. The molecule has 1 amide bonds. The average molecular weight is 377 g/mol. The smallest absolute Gasteiger partial charge is 0.410 e. The van der Waals surface area contributed by atoms with E-state index in [9.17, 15) is 19.0 Å². The van der Waals surface area contributed by atoms with Crippen molar-refractivity contribution in [3.05, 3.63) is 0 Å². The van der Waals surface area contributed by atoms with E-state index in [2.05, 4.69) is 5.32 Å². The van der Waals surface area contributed by atoms with Crippen LogP contribution in [0.2, 0.25) is 0 Å². The van der Waals surface area contributed by atoms with Crippen LogP contribution in [0.5, 0.6) is 0 Å². The second-order valence-corrected chi connectivity index (χ2v) is 10.3. The Kier molecular flexibility index (Phi) is 8.94. The third kappa shape index (κ3) is 9.85. The number of alkyl carbamates (subject to hydrolysis) is 1. The van der Waals surface area contributed by atoms with Gasteiger partial charge in [0.25, 0.3) is 0 Å². The highest BCUT2D eigenvalue weighted by atomic mass is 31.2. The summed E-state index contributed by atoms with van der Waals surface area (Å²) in [5, 5.41) is 2.49. The van der Waals surface area contributed by atoms with Gasteiger partial charge < -0.3 is 19.7 Å². The summed E-state index contributed by atoms with van der Waals surface area (Å²) < 4.78 is 21.8. The number of hydrogen-bond acceptors (Lipinski definition) is 5. The van der Waals surface area contributed by atoms with Crippen LogP contribution in [0.1, 0.15) is 59.3 Å². The molecule has 1 atom stereocenters. The fourth-order valence-electron chi connectivity index (χ4n) is 2.79. The number of esters is 1. The lowest BCUT2D eigenvalue weighted by molar-refractivity contribution is -0.161. The molecule has 0 radical (unpaired) electrons. The molecule has 0 aromatic heterocycles. The van der Waals surface area contributed by atoms with Crippen LogP contribution in [0, 0.1) is 11.3 Å². The van der Waals surface area contributed by atoms with Gasteiger partial charge in [0.05, 0.1) is 5.41 Å². The molecular weight excluding hydrogens is 345 g/mol. The van der Waals surface area contributed by atoms with E-state index >= 15 is 0 Å². The Morgan fingerprint density at radius 1 is 1.16 bits per heavy atom. The first kappa shape index (κ1) is 22.0. The number of ether oxygens (including phenoxy) is 2. The van der Waals surface area contributed by atoms with Gasteiger partial charge in [-0.05, 0) is 46.0 Å². The highest BCUT2D eigenvalue weighted by Gasteiger charge is 2.25. The van der Waals surface area contributed by atoms with Crippen molar-refractivity contribution in [2.24, 2.45) is 11.3 Å². The van der Waals surface area contributed by atoms with Crippen LogP contribution in [0.25, 0.3) is 0 Å². The number of rotatable bonds is 8. The van der Waals surface area contributed by atoms with Crippen LogP contribution in [-0.4, -0.2) is 42.6 Å². The summed E-state index contributed by atoms with van der Waals surface area (Å²) in [6, 6.07) is 0. The molecule has 7 nitrogen and oxygen atoms in total.